The van der Waals surface area contributed by atoms with Crippen molar-refractivity contribution in [3.05, 3.63) is 22.8 Å². The van der Waals surface area contributed by atoms with Crippen LogP contribution in [-0.2, 0) is 0 Å². The predicted octanol–water partition coefficient (Wildman–Crippen LogP) is 3.24. The number of nitrogens with zero attached hydrogens (tertiary/aromatic N) is 1. The molecule has 2 N–H and O–H groups in total. The third-order valence-electron chi connectivity index (χ3n) is 2.48. The Morgan fingerprint density at radius 3 is 2.65 bits per heavy atom. The lowest BCUT2D eigenvalue weighted by atomic mass is 10.2. The van der Waals surface area contributed by atoms with Gasteiger partial charge >= 0.3 is 6.18 Å². The lowest BCUT2D eigenvalue weighted by molar-refractivity contribution is -0.135. The molecule has 1 amide bonds. The van der Waals surface area contributed by atoms with Gasteiger partial charge in [-0.15, -0.1) is 0 Å². The third kappa shape index (κ3) is 6.10. The van der Waals surface area contributed by atoms with Crippen LogP contribution in [0.5, 0.6) is 0 Å². The number of aromatic nitrogens is 1. The van der Waals surface area contributed by atoms with Crippen LogP contribution < -0.4 is 10.6 Å². The van der Waals surface area contributed by atoms with Crippen LogP contribution in [0.15, 0.2) is 12.1 Å². The molecule has 0 aliphatic carbocycles. The van der Waals surface area contributed by atoms with Crippen molar-refractivity contribution in [2.75, 3.05) is 18.9 Å². The summed E-state index contributed by atoms with van der Waals surface area (Å²) in [5, 5.41) is 5.46. The van der Waals surface area contributed by atoms with Gasteiger partial charge in [-0.05, 0) is 25.0 Å². The van der Waals surface area contributed by atoms with E-state index >= 15 is 0 Å². The van der Waals surface area contributed by atoms with Crippen LogP contribution in [0.4, 0.5) is 19.0 Å². The summed E-state index contributed by atoms with van der Waals surface area (Å²) < 4.78 is 35.8. The third-order valence-corrected chi connectivity index (χ3v) is 2.68. The second kappa shape index (κ2) is 7.33. The van der Waals surface area contributed by atoms with Gasteiger partial charge in [-0.1, -0.05) is 11.6 Å². The first-order valence-corrected chi connectivity index (χ1v) is 6.40. The molecule has 0 aromatic carbocycles. The van der Waals surface area contributed by atoms with E-state index < -0.39 is 18.5 Å². The van der Waals surface area contributed by atoms with Crippen molar-refractivity contribution in [3.8, 4) is 0 Å². The van der Waals surface area contributed by atoms with E-state index in [2.05, 4.69) is 15.6 Å². The summed E-state index contributed by atoms with van der Waals surface area (Å²) in [6, 6.07) is 2.91. The fourth-order valence-corrected chi connectivity index (χ4v) is 1.72. The first kappa shape index (κ1) is 16.6. The van der Waals surface area contributed by atoms with Crippen LogP contribution in [0.3, 0.4) is 0 Å². The number of carbonyl (C=O) groups is 1. The van der Waals surface area contributed by atoms with E-state index in [-0.39, 0.29) is 24.5 Å². The number of unbranched alkanes of at least 4 members (excludes halogenated alkanes) is 1. The number of amides is 1. The van der Waals surface area contributed by atoms with Gasteiger partial charge in [0.2, 0.25) is 0 Å². The molecule has 0 saturated heterocycles. The molecular weight excluding hydrogens is 295 g/mol. The largest absolute Gasteiger partial charge is 0.389 e. The predicted molar refractivity (Wildman–Crippen MR) is 71.0 cm³/mol. The van der Waals surface area contributed by atoms with Gasteiger partial charge < -0.3 is 10.6 Å². The Balaban J connectivity index is 2.41. The fraction of sp³-hybridized carbons (Fsp3) is 0.500. The smallest absolute Gasteiger partial charge is 0.373 e. The lowest BCUT2D eigenvalue weighted by Crippen LogP contribution is -2.25. The monoisotopic (exact) mass is 309 g/mol. The van der Waals surface area contributed by atoms with Crippen molar-refractivity contribution in [3.63, 3.8) is 0 Å². The topological polar surface area (TPSA) is 54.0 Å². The van der Waals surface area contributed by atoms with Gasteiger partial charge in [-0.25, -0.2) is 4.98 Å². The van der Waals surface area contributed by atoms with Crippen molar-refractivity contribution in [1.29, 1.82) is 0 Å². The Hall–Kier alpha value is -1.50. The van der Waals surface area contributed by atoms with E-state index in [1.165, 1.54) is 12.1 Å². The summed E-state index contributed by atoms with van der Waals surface area (Å²) in [6.45, 7) is 0.184. The number of anilines is 1. The van der Waals surface area contributed by atoms with Crippen LogP contribution in [0, 0.1) is 0 Å². The zero-order chi connectivity index (χ0) is 15.2. The highest BCUT2D eigenvalue weighted by molar-refractivity contribution is 6.29. The molecule has 112 valence electrons. The zero-order valence-corrected chi connectivity index (χ0v) is 11.6. The molecule has 0 saturated carbocycles. The normalized spacial score (nSPS) is 11.2. The molecule has 0 aliphatic heterocycles. The molecular formula is C12H15ClF3N3O. The van der Waals surface area contributed by atoms with Crippen molar-refractivity contribution < 1.29 is 18.0 Å². The van der Waals surface area contributed by atoms with Crippen LogP contribution in [0.2, 0.25) is 5.15 Å². The molecule has 20 heavy (non-hydrogen) atoms. The number of nitrogens with one attached hydrogen (secondary N) is 2. The summed E-state index contributed by atoms with van der Waals surface area (Å²) in [5.74, 6) is 0.0533. The van der Waals surface area contributed by atoms with Gasteiger partial charge in [0.05, 0.1) is 0 Å². The van der Waals surface area contributed by atoms with E-state index in [1.54, 1.807) is 7.05 Å². The summed E-state index contributed by atoms with van der Waals surface area (Å²) >= 11 is 5.75. The van der Waals surface area contributed by atoms with E-state index in [0.717, 1.165) is 0 Å². The summed E-state index contributed by atoms with van der Waals surface area (Å²) in [6.07, 6.45) is -4.73. The number of pyridine rings is 1. The van der Waals surface area contributed by atoms with E-state index in [9.17, 15) is 18.0 Å². The first-order valence-electron chi connectivity index (χ1n) is 6.02. The van der Waals surface area contributed by atoms with Crippen molar-refractivity contribution >= 4 is 23.3 Å². The molecule has 0 unspecified atom stereocenters. The van der Waals surface area contributed by atoms with Crippen LogP contribution in [0.1, 0.15) is 29.6 Å². The number of alkyl halides is 3. The maximum absolute atomic E-state index is 11.9. The van der Waals surface area contributed by atoms with Gasteiger partial charge in [0.1, 0.15) is 11.0 Å². The maximum atomic E-state index is 11.9. The second-order valence-electron chi connectivity index (χ2n) is 4.14. The summed E-state index contributed by atoms with van der Waals surface area (Å²) in [5.41, 5.74) is 0.310. The molecule has 1 aromatic heterocycles. The minimum atomic E-state index is -4.15. The van der Waals surface area contributed by atoms with Crippen LogP contribution >= 0.6 is 11.6 Å². The van der Waals surface area contributed by atoms with Gasteiger partial charge in [0, 0.05) is 25.6 Å². The SMILES string of the molecule is CNc1cc(C(=O)NCCCCC(F)(F)F)cc(Cl)n1. The minimum absolute atomic E-state index is 0.0113. The van der Waals surface area contributed by atoms with Crippen molar-refractivity contribution in [2.24, 2.45) is 0 Å². The standard InChI is InChI=1S/C12H15ClF3N3O/c1-17-10-7-8(6-9(13)19-10)11(20)18-5-3-2-4-12(14,15)16/h6-7H,2-5H2,1H3,(H,17,19)(H,18,20). The Kier molecular flexibility index (Phi) is 6.06. The van der Waals surface area contributed by atoms with E-state index in [1.807, 2.05) is 0 Å². The first-order chi connectivity index (χ1) is 9.31. The Labute approximate surface area is 119 Å². The molecule has 1 aromatic rings. The zero-order valence-electron chi connectivity index (χ0n) is 10.9. The van der Waals surface area contributed by atoms with Crippen LogP contribution in [0.25, 0.3) is 0 Å². The molecule has 0 fully saturated rings. The summed E-state index contributed by atoms with van der Waals surface area (Å²) in [7, 11) is 1.64. The highest BCUT2D eigenvalue weighted by Gasteiger charge is 2.25. The molecule has 8 heteroatoms. The average Bonchev–Trinajstić information content (AvgIpc) is 2.36. The van der Waals surface area contributed by atoms with Crippen molar-refractivity contribution in [1.82, 2.24) is 10.3 Å². The van der Waals surface area contributed by atoms with E-state index in [4.69, 9.17) is 11.6 Å². The molecule has 4 nitrogen and oxygen atoms in total. The quantitative estimate of drug-likeness (QED) is 0.626. The molecule has 0 radical (unpaired) electrons. The number of carbonyl (C=O) groups excluding carboxylic acids is 1. The number of halogens is 4. The minimum Gasteiger partial charge on any atom is -0.373 e. The molecule has 0 bridgehead atoms. The maximum Gasteiger partial charge on any atom is 0.389 e. The van der Waals surface area contributed by atoms with Gasteiger partial charge in [-0.3, -0.25) is 4.79 Å². The molecule has 0 aliphatic rings. The lowest BCUT2D eigenvalue weighted by Gasteiger charge is -2.08. The molecule has 0 spiro atoms. The Bertz CT molecular complexity index is 466. The highest BCUT2D eigenvalue weighted by atomic mass is 35.5. The molecule has 1 rings (SSSR count). The van der Waals surface area contributed by atoms with Crippen molar-refractivity contribution in [2.45, 2.75) is 25.4 Å². The Morgan fingerprint density at radius 2 is 2.05 bits per heavy atom. The highest BCUT2D eigenvalue weighted by Crippen LogP contribution is 2.21. The van der Waals surface area contributed by atoms with Gasteiger partial charge in [0.25, 0.3) is 5.91 Å². The van der Waals surface area contributed by atoms with Gasteiger partial charge in [0.15, 0.2) is 0 Å². The fourth-order valence-electron chi connectivity index (χ4n) is 1.51. The number of hydrogen-bond acceptors (Lipinski definition) is 3. The Morgan fingerprint density at radius 1 is 1.35 bits per heavy atom. The van der Waals surface area contributed by atoms with Gasteiger partial charge in [-0.2, -0.15) is 13.2 Å². The molecule has 1 heterocycles. The van der Waals surface area contributed by atoms with Crippen LogP contribution in [-0.4, -0.2) is 30.7 Å². The second-order valence-corrected chi connectivity index (χ2v) is 4.53. The average molecular weight is 310 g/mol. The van der Waals surface area contributed by atoms with E-state index in [0.29, 0.717) is 11.4 Å². The molecule has 0 atom stereocenters. The number of rotatable bonds is 6. The number of hydrogen-bond donors (Lipinski definition) is 2. The summed E-state index contributed by atoms with van der Waals surface area (Å²) in [4.78, 5) is 15.7.